The Bertz CT molecular complexity index is 285. The second kappa shape index (κ2) is 4.80. The molecule has 1 aromatic carbocycles. The maximum atomic E-state index is 2.44. The van der Waals surface area contributed by atoms with Gasteiger partial charge in [0.1, 0.15) is 0 Å². The smallest absolute Gasteiger partial charge is 0.00189 e. The summed E-state index contributed by atoms with van der Waals surface area (Å²) < 4.78 is 0. The van der Waals surface area contributed by atoms with Gasteiger partial charge in [-0.15, -0.1) is 0 Å². The third kappa shape index (κ3) is 2.60. The van der Waals surface area contributed by atoms with Crippen molar-refractivity contribution in [2.45, 2.75) is 25.7 Å². The summed E-state index contributed by atoms with van der Waals surface area (Å²) >= 11 is 0. The van der Waals surface area contributed by atoms with Crippen molar-refractivity contribution in [1.82, 2.24) is 4.90 Å². The van der Waals surface area contributed by atoms with Gasteiger partial charge in [0, 0.05) is 0 Å². The molecule has 0 aliphatic carbocycles. The zero-order valence-electron chi connectivity index (χ0n) is 9.82. The van der Waals surface area contributed by atoms with Crippen LogP contribution in [-0.4, -0.2) is 25.0 Å². The lowest BCUT2D eigenvalue weighted by molar-refractivity contribution is 0.202. The van der Waals surface area contributed by atoms with Crippen molar-refractivity contribution >= 4 is 0 Å². The van der Waals surface area contributed by atoms with Crippen molar-refractivity contribution in [3.05, 3.63) is 35.9 Å². The first-order chi connectivity index (χ1) is 7.27. The van der Waals surface area contributed by atoms with Crippen molar-refractivity contribution < 1.29 is 0 Å². The van der Waals surface area contributed by atoms with Crippen molar-refractivity contribution in [2.24, 2.45) is 5.92 Å². The minimum atomic E-state index is 0.722. The van der Waals surface area contributed by atoms with Gasteiger partial charge in [-0.25, -0.2) is 0 Å². The molecule has 15 heavy (non-hydrogen) atoms. The second-order valence-electron chi connectivity index (χ2n) is 4.84. The van der Waals surface area contributed by atoms with E-state index >= 15 is 0 Å². The fourth-order valence-corrected chi connectivity index (χ4v) is 2.56. The predicted octanol–water partition coefficient (Wildman–Crippen LogP) is 3.13. The van der Waals surface area contributed by atoms with Gasteiger partial charge in [0.05, 0.1) is 0 Å². The molecule has 0 bridgehead atoms. The fourth-order valence-electron chi connectivity index (χ4n) is 2.56. The first-order valence-electron chi connectivity index (χ1n) is 6.01. The van der Waals surface area contributed by atoms with Gasteiger partial charge >= 0.3 is 0 Å². The Morgan fingerprint density at radius 1 is 1.13 bits per heavy atom. The Morgan fingerprint density at radius 3 is 2.33 bits per heavy atom. The Morgan fingerprint density at radius 2 is 1.73 bits per heavy atom. The minimum Gasteiger partial charge on any atom is -0.306 e. The van der Waals surface area contributed by atoms with Crippen LogP contribution in [0.5, 0.6) is 0 Å². The molecule has 1 aliphatic rings. The van der Waals surface area contributed by atoms with Gasteiger partial charge in [-0.3, -0.25) is 0 Å². The molecule has 0 spiro atoms. The summed E-state index contributed by atoms with van der Waals surface area (Å²) in [4.78, 5) is 2.44. The van der Waals surface area contributed by atoms with Gasteiger partial charge in [-0.05, 0) is 50.4 Å². The van der Waals surface area contributed by atoms with Gasteiger partial charge in [0.25, 0.3) is 0 Å². The average molecular weight is 203 g/mol. The number of piperidine rings is 1. The Kier molecular flexibility index (Phi) is 3.42. The summed E-state index contributed by atoms with van der Waals surface area (Å²) in [7, 11) is 2.23. The monoisotopic (exact) mass is 203 g/mol. The maximum absolute atomic E-state index is 2.44. The molecule has 0 saturated carbocycles. The number of rotatable bonds is 2. The van der Waals surface area contributed by atoms with Crippen molar-refractivity contribution in [1.29, 1.82) is 0 Å². The summed E-state index contributed by atoms with van der Waals surface area (Å²) in [6.07, 6.45) is 2.71. The topological polar surface area (TPSA) is 3.24 Å². The van der Waals surface area contributed by atoms with Gasteiger partial charge in [0.15, 0.2) is 0 Å². The molecule has 1 fully saturated rings. The molecule has 1 heteroatoms. The molecule has 0 amide bonds. The van der Waals surface area contributed by atoms with Crippen LogP contribution in [0, 0.1) is 5.92 Å². The van der Waals surface area contributed by atoms with Crippen LogP contribution in [0.3, 0.4) is 0 Å². The SMILES string of the molecule is CC(c1ccccc1)C1CCN(C)CC1. The highest BCUT2D eigenvalue weighted by Crippen LogP contribution is 2.31. The lowest BCUT2D eigenvalue weighted by Crippen LogP contribution is -2.32. The molecule has 2 rings (SSSR count). The number of benzene rings is 1. The summed E-state index contributed by atoms with van der Waals surface area (Å²) in [6, 6.07) is 10.9. The van der Waals surface area contributed by atoms with Crippen LogP contribution < -0.4 is 0 Å². The van der Waals surface area contributed by atoms with E-state index in [0.29, 0.717) is 0 Å². The van der Waals surface area contributed by atoms with Crippen LogP contribution in [0.2, 0.25) is 0 Å². The minimum absolute atomic E-state index is 0.722. The number of likely N-dealkylation sites (tertiary alicyclic amines) is 1. The van der Waals surface area contributed by atoms with Gasteiger partial charge in [-0.1, -0.05) is 37.3 Å². The molecule has 1 aromatic rings. The Labute approximate surface area is 93.1 Å². The standard InChI is InChI=1S/C14H21N/c1-12(13-6-4-3-5-7-13)14-8-10-15(2)11-9-14/h3-7,12,14H,8-11H2,1-2H3. The van der Waals surface area contributed by atoms with E-state index in [1.807, 2.05) is 0 Å². The molecule has 82 valence electrons. The van der Waals surface area contributed by atoms with E-state index in [4.69, 9.17) is 0 Å². The Hall–Kier alpha value is -0.820. The number of nitrogens with zero attached hydrogens (tertiary/aromatic N) is 1. The van der Waals surface area contributed by atoms with Crippen molar-refractivity contribution in [2.75, 3.05) is 20.1 Å². The van der Waals surface area contributed by atoms with Crippen LogP contribution in [0.4, 0.5) is 0 Å². The normalized spacial score (nSPS) is 21.5. The van der Waals surface area contributed by atoms with Crippen LogP contribution in [0.15, 0.2) is 30.3 Å². The van der Waals surface area contributed by atoms with E-state index in [-0.39, 0.29) is 0 Å². The highest BCUT2D eigenvalue weighted by molar-refractivity contribution is 5.19. The van der Waals surface area contributed by atoms with E-state index in [1.54, 1.807) is 0 Å². The highest BCUT2D eigenvalue weighted by Gasteiger charge is 2.22. The van der Waals surface area contributed by atoms with Crippen LogP contribution in [-0.2, 0) is 0 Å². The lowest BCUT2D eigenvalue weighted by Gasteiger charge is -2.32. The number of hydrogen-bond acceptors (Lipinski definition) is 1. The maximum Gasteiger partial charge on any atom is -0.00189 e. The van der Waals surface area contributed by atoms with Crippen molar-refractivity contribution in [3.63, 3.8) is 0 Å². The molecular formula is C14H21N. The first-order valence-corrected chi connectivity index (χ1v) is 6.01. The summed E-state index contributed by atoms with van der Waals surface area (Å²) in [6.45, 7) is 4.91. The van der Waals surface area contributed by atoms with Gasteiger partial charge < -0.3 is 4.90 Å². The fraction of sp³-hybridized carbons (Fsp3) is 0.571. The van der Waals surface area contributed by atoms with E-state index in [1.165, 1.54) is 31.5 Å². The molecule has 0 N–H and O–H groups in total. The Balaban J connectivity index is 1.99. The largest absolute Gasteiger partial charge is 0.306 e. The average Bonchev–Trinajstić information content (AvgIpc) is 2.30. The molecule has 1 saturated heterocycles. The van der Waals surface area contributed by atoms with Crippen molar-refractivity contribution in [3.8, 4) is 0 Å². The van der Waals surface area contributed by atoms with Crippen LogP contribution in [0.1, 0.15) is 31.2 Å². The van der Waals surface area contributed by atoms with E-state index in [2.05, 4.69) is 49.2 Å². The molecule has 1 aliphatic heterocycles. The number of hydrogen-bond donors (Lipinski definition) is 0. The summed E-state index contributed by atoms with van der Waals surface area (Å²) in [5.74, 6) is 1.60. The van der Waals surface area contributed by atoms with Crippen LogP contribution >= 0.6 is 0 Å². The molecule has 0 aromatic heterocycles. The molecule has 0 radical (unpaired) electrons. The molecule has 1 nitrogen and oxygen atoms in total. The third-order valence-electron chi connectivity index (χ3n) is 3.80. The molecular weight excluding hydrogens is 182 g/mol. The molecule has 1 unspecified atom stereocenters. The lowest BCUT2D eigenvalue weighted by atomic mass is 9.81. The summed E-state index contributed by atoms with van der Waals surface area (Å²) in [5, 5.41) is 0. The summed E-state index contributed by atoms with van der Waals surface area (Å²) in [5.41, 5.74) is 1.51. The third-order valence-corrected chi connectivity index (χ3v) is 3.80. The first kappa shape index (κ1) is 10.7. The van der Waals surface area contributed by atoms with Gasteiger partial charge in [-0.2, -0.15) is 0 Å². The van der Waals surface area contributed by atoms with E-state index < -0.39 is 0 Å². The second-order valence-corrected chi connectivity index (χ2v) is 4.84. The van der Waals surface area contributed by atoms with E-state index in [0.717, 1.165) is 11.8 Å². The van der Waals surface area contributed by atoms with E-state index in [9.17, 15) is 0 Å². The molecule has 1 heterocycles. The molecule has 1 atom stereocenters. The highest BCUT2D eigenvalue weighted by atomic mass is 15.1. The zero-order valence-corrected chi connectivity index (χ0v) is 9.82. The predicted molar refractivity (Wildman–Crippen MR) is 65.1 cm³/mol. The van der Waals surface area contributed by atoms with Crippen LogP contribution in [0.25, 0.3) is 0 Å². The van der Waals surface area contributed by atoms with Gasteiger partial charge in [0.2, 0.25) is 0 Å². The zero-order chi connectivity index (χ0) is 10.7. The quantitative estimate of drug-likeness (QED) is 0.714.